The fourth-order valence-corrected chi connectivity index (χ4v) is 0.952. The minimum absolute atomic E-state index is 0.286. The van der Waals surface area contributed by atoms with Crippen LogP contribution in [0.3, 0.4) is 0 Å². The molecule has 12 heavy (non-hydrogen) atoms. The van der Waals surface area contributed by atoms with Gasteiger partial charge in [-0.2, -0.15) is 0 Å². The van der Waals surface area contributed by atoms with Crippen molar-refractivity contribution in [3.63, 3.8) is 0 Å². The zero-order valence-corrected chi connectivity index (χ0v) is 7.43. The predicted molar refractivity (Wildman–Crippen MR) is 50.2 cm³/mol. The van der Waals surface area contributed by atoms with Crippen molar-refractivity contribution in [2.45, 2.75) is 13.0 Å². The van der Waals surface area contributed by atoms with Crippen LogP contribution < -0.4 is 5.32 Å². The van der Waals surface area contributed by atoms with Crippen LogP contribution in [0.5, 0.6) is 0 Å². The molecule has 0 fully saturated rings. The molecule has 0 saturated heterocycles. The van der Waals surface area contributed by atoms with Crippen LogP contribution in [0.25, 0.3) is 0 Å². The largest absolute Gasteiger partial charge is 0.375 e. The smallest absolute Gasteiger partial charge is 0.222 e. The van der Waals surface area contributed by atoms with E-state index in [0.29, 0.717) is 5.02 Å². The summed E-state index contributed by atoms with van der Waals surface area (Å²) < 4.78 is 0. The summed E-state index contributed by atoms with van der Waals surface area (Å²) in [5.74, 6) is 0. The van der Waals surface area contributed by atoms with E-state index in [9.17, 15) is 4.79 Å². The summed E-state index contributed by atoms with van der Waals surface area (Å²) in [4.78, 5) is 10.2. The van der Waals surface area contributed by atoms with E-state index in [1.54, 1.807) is 19.1 Å². The molecule has 1 atom stereocenters. The summed E-state index contributed by atoms with van der Waals surface area (Å²) >= 11 is 5.68. The number of carbonyl (C=O) groups excluding carboxylic acids is 1. The lowest BCUT2D eigenvalue weighted by Crippen LogP contribution is -2.15. The van der Waals surface area contributed by atoms with Crippen LogP contribution in [-0.4, -0.2) is 12.3 Å². The Bertz CT molecular complexity index is 258. The van der Waals surface area contributed by atoms with Gasteiger partial charge in [0.05, 0.1) is 6.04 Å². The molecule has 0 aliphatic rings. The molecule has 3 heteroatoms. The Morgan fingerprint density at radius 3 is 2.50 bits per heavy atom. The maximum atomic E-state index is 10.2. The van der Waals surface area contributed by atoms with Gasteiger partial charge in [-0.05, 0) is 31.2 Å². The normalized spacial score (nSPS) is 12.2. The first-order valence-corrected chi connectivity index (χ1v) is 4.00. The van der Waals surface area contributed by atoms with Crippen molar-refractivity contribution in [1.82, 2.24) is 0 Å². The van der Waals surface area contributed by atoms with Gasteiger partial charge in [0.1, 0.15) is 0 Å². The average molecular weight is 183 g/mol. The first-order valence-electron chi connectivity index (χ1n) is 3.62. The van der Waals surface area contributed by atoms with Crippen LogP contribution in [0.1, 0.15) is 6.92 Å². The van der Waals surface area contributed by atoms with Crippen molar-refractivity contribution in [3.8, 4) is 0 Å². The molecular formula is C9H9ClNO. The zero-order chi connectivity index (χ0) is 8.97. The Hall–Kier alpha value is -1.02. The van der Waals surface area contributed by atoms with Crippen molar-refractivity contribution in [2.75, 3.05) is 5.32 Å². The van der Waals surface area contributed by atoms with E-state index in [4.69, 9.17) is 11.6 Å². The number of hydrogen-bond acceptors (Lipinski definition) is 2. The SMILES string of the molecule is C[C@@H]([C]=O)Nc1ccc(Cl)cc1. The van der Waals surface area contributed by atoms with Crippen LogP contribution in [0.15, 0.2) is 24.3 Å². The van der Waals surface area contributed by atoms with E-state index >= 15 is 0 Å². The van der Waals surface area contributed by atoms with Gasteiger partial charge in [0.25, 0.3) is 0 Å². The Morgan fingerprint density at radius 1 is 1.42 bits per heavy atom. The van der Waals surface area contributed by atoms with E-state index < -0.39 is 0 Å². The fourth-order valence-electron chi connectivity index (χ4n) is 0.826. The van der Waals surface area contributed by atoms with E-state index in [2.05, 4.69) is 5.32 Å². The van der Waals surface area contributed by atoms with Gasteiger partial charge in [-0.1, -0.05) is 11.6 Å². The van der Waals surface area contributed by atoms with Gasteiger partial charge < -0.3 is 5.32 Å². The highest BCUT2D eigenvalue weighted by Crippen LogP contribution is 2.13. The van der Waals surface area contributed by atoms with Gasteiger partial charge in [-0.15, -0.1) is 0 Å². The lowest BCUT2D eigenvalue weighted by Gasteiger charge is -2.07. The Kier molecular flexibility index (Phi) is 3.11. The summed E-state index contributed by atoms with van der Waals surface area (Å²) in [7, 11) is 0. The number of nitrogens with one attached hydrogen (secondary N) is 1. The zero-order valence-electron chi connectivity index (χ0n) is 6.67. The predicted octanol–water partition coefficient (Wildman–Crippen LogP) is 2.25. The number of halogens is 1. The fraction of sp³-hybridized carbons (Fsp3) is 0.222. The molecule has 1 N–H and O–H groups in total. The first kappa shape index (κ1) is 9.07. The van der Waals surface area contributed by atoms with Crippen molar-refractivity contribution >= 4 is 23.6 Å². The summed E-state index contributed by atoms with van der Waals surface area (Å²) in [5, 5.41) is 3.62. The first-order chi connectivity index (χ1) is 5.72. The third-order valence-electron chi connectivity index (χ3n) is 1.40. The summed E-state index contributed by atoms with van der Waals surface area (Å²) in [5.41, 5.74) is 0.871. The standard InChI is InChI=1S/C9H9ClNO/c1-7(6-12)11-9-4-2-8(10)3-5-9/h2-5,7,11H,1H3/t7-/m0/s1. The molecule has 63 valence electrons. The molecule has 1 rings (SSSR count). The van der Waals surface area contributed by atoms with Gasteiger partial charge in [0.15, 0.2) is 0 Å². The molecule has 1 aromatic rings. The number of rotatable bonds is 3. The highest BCUT2D eigenvalue weighted by molar-refractivity contribution is 6.30. The molecule has 0 amide bonds. The summed E-state index contributed by atoms with van der Waals surface area (Å²) in [6, 6.07) is 6.88. The van der Waals surface area contributed by atoms with Gasteiger partial charge >= 0.3 is 0 Å². The molecule has 0 aliphatic carbocycles. The maximum Gasteiger partial charge on any atom is 0.222 e. The van der Waals surface area contributed by atoms with Crippen molar-refractivity contribution < 1.29 is 4.79 Å². The molecule has 2 nitrogen and oxygen atoms in total. The second kappa shape index (κ2) is 4.12. The van der Waals surface area contributed by atoms with Crippen LogP contribution in [0.4, 0.5) is 5.69 Å². The third-order valence-corrected chi connectivity index (χ3v) is 1.66. The topological polar surface area (TPSA) is 29.1 Å². The van der Waals surface area contributed by atoms with Crippen LogP contribution in [-0.2, 0) is 4.79 Å². The number of hydrogen-bond donors (Lipinski definition) is 1. The molecule has 0 aromatic heterocycles. The van der Waals surface area contributed by atoms with Gasteiger partial charge in [0, 0.05) is 10.7 Å². The van der Waals surface area contributed by atoms with Gasteiger partial charge in [-0.25, -0.2) is 0 Å². The monoisotopic (exact) mass is 182 g/mol. The lowest BCUT2D eigenvalue weighted by atomic mass is 10.3. The quantitative estimate of drug-likeness (QED) is 0.777. The average Bonchev–Trinajstić information content (AvgIpc) is 2.09. The summed E-state index contributed by atoms with van der Waals surface area (Å²) in [6.07, 6.45) is 1.83. The molecule has 0 unspecified atom stereocenters. The molecule has 1 aromatic carbocycles. The summed E-state index contributed by atoms with van der Waals surface area (Å²) in [6.45, 7) is 1.74. The van der Waals surface area contributed by atoms with E-state index in [0.717, 1.165) is 5.69 Å². The minimum atomic E-state index is -0.286. The highest BCUT2D eigenvalue weighted by Gasteiger charge is 1.98. The van der Waals surface area contributed by atoms with Gasteiger partial charge in [0.2, 0.25) is 6.29 Å². The highest BCUT2D eigenvalue weighted by atomic mass is 35.5. The van der Waals surface area contributed by atoms with Crippen molar-refractivity contribution in [3.05, 3.63) is 29.3 Å². The molecule has 0 aliphatic heterocycles. The van der Waals surface area contributed by atoms with Gasteiger partial charge in [-0.3, -0.25) is 4.79 Å². The second-order valence-corrected chi connectivity index (χ2v) is 2.93. The maximum absolute atomic E-state index is 10.2. The van der Waals surface area contributed by atoms with Crippen LogP contribution in [0.2, 0.25) is 5.02 Å². The molecule has 0 saturated carbocycles. The molecule has 1 radical (unpaired) electrons. The number of benzene rings is 1. The number of anilines is 1. The molecule has 0 bridgehead atoms. The Labute approximate surface area is 76.5 Å². The molecule has 0 heterocycles. The van der Waals surface area contributed by atoms with Crippen LogP contribution in [0, 0.1) is 0 Å². The second-order valence-electron chi connectivity index (χ2n) is 2.49. The van der Waals surface area contributed by atoms with E-state index in [-0.39, 0.29) is 6.04 Å². The van der Waals surface area contributed by atoms with E-state index in [1.807, 2.05) is 18.4 Å². The molecular weight excluding hydrogens is 174 g/mol. The van der Waals surface area contributed by atoms with Crippen LogP contribution >= 0.6 is 11.6 Å². The third kappa shape index (κ3) is 2.55. The van der Waals surface area contributed by atoms with Crippen molar-refractivity contribution in [2.24, 2.45) is 0 Å². The van der Waals surface area contributed by atoms with Crippen molar-refractivity contribution in [1.29, 1.82) is 0 Å². The Morgan fingerprint density at radius 2 is 2.00 bits per heavy atom. The van der Waals surface area contributed by atoms with E-state index in [1.165, 1.54) is 0 Å². The Balaban J connectivity index is 2.64. The minimum Gasteiger partial charge on any atom is -0.375 e. The molecule has 0 spiro atoms. The lowest BCUT2D eigenvalue weighted by molar-refractivity contribution is 0.549.